The highest BCUT2D eigenvalue weighted by Crippen LogP contribution is 2.31. The van der Waals surface area contributed by atoms with Crippen LogP contribution in [0.1, 0.15) is 66.5 Å². The van der Waals surface area contributed by atoms with Crippen molar-refractivity contribution in [1.29, 1.82) is 5.41 Å². The first-order valence-electron chi connectivity index (χ1n) is 12.9. The molecule has 0 bridgehead atoms. The average Bonchev–Trinajstić information content (AvgIpc) is 3.31. The maximum Gasteiger partial charge on any atom is 0.152 e. The predicted molar refractivity (Wildman–Crippen MR) is 167 cm³/mol. The molecule has 0 radical (unpaired) electrons. The largest absolute Gasteiger partial charge is 0.456 e. The molecule has 0 aliphatic rings. The lowest BCUT2D eigenvalue weighted by molar-refractivity contribution is 0.669. The van der Waals surface area contributed by atoms with Gasteiger partial charge in [-0.1, -0.05) is 119 Å². The van der Waals surface area contributed by atoms with E-state index in [1.54, 1.807) is 12.2 Å². The van der Waals surface area contributed by atoms with Gasteiger partial charge in [-0.3, -0.25) is 5.41 Å². The van der Waals surface area contributed by atoms with E-state index in [0.717, 1.165) is 38.8 Å². The van der Waals surface area contributed by atoms with E-state index in [-0.39, 0.29) is 5.84 Å². The summed E-state index contributed by atoms with van der Waals surface area (Å²) in [5.41, 5.74) is 5.54. The molecular weight excluding hydrogens is 452 g/mol. The number of allylic oxidation sites excluding steroid dienone is 4. The van der Waals surface area contributed by atoms with Crippen molar-refractivity contribution >= 4 is 33.5 Å². The molecule has 0 saturated carbocycles. The second-order valence-corrected chi connectivity index (χ2v) is 7.58. The van der Waals surface area contributed by atoms with Gasteiger partial charge < -0.3 is 4.42 Å². The molecule has 0 spiro atoms. The lowest BCUT2D eigenvalue weighted by Gasteiger charge is -2.04. The van der Waals surface area contributed by atoms with E-state index in [1.165, 1.54) is 5.57 Å². The van der Waals surface area contributed by atoms with Gasteiger partial charge in [0.25, 0.3) is 0 Å². The van der Waals surface area contributed by atoms with E-state index >= 15 is 0 Å². The summed E-state index contributed by atoms with van der Waals surface area (Å²) in [6, 6.07) is 23.6. The van der Waals surface area contributed by atoms with E-state index < -0.39 is 0 Å². The van der Waals surface area contributed by atoms with Crippen LogP contribution in [-0.4, -0.2) is 11.5 Å². The van der Waals surface area contributed by atoms with Crippen LogP contribution in [0, 0.1) is 5.41 Å². The minimum atomic E-state index is 0.244. The summed E-state index contributed by atoms with van der Waals surface area (Å²) in [5, 5.41) is 10.4. The number of nitrogens with one attached hydrogen (secondary N) is 1. The molecule has 0 unspecified atom stereocenters. The van der Waals surface area contributed by atoms with Crippen molar-refractivity contribution in [1.82, 2.24) is 0 Å². The van der Waals surface area contributed by atoms with Crippen LogP contribution in [0.15, 0.2) is 119 Å². The highest BCUT2D eigenvalue weighted by molar-refractivity contribution is 6.20. The Bertz CT molecular complexity index is 1290. The quantitative estimate of drug-likeness (QED) is 0.130. The predicted octanol–water partition coefficient (Wildman–Crippen LogP) is 10.8. The van der Waals surface area contributed by atoms with Crippen LogP contribution in [0.25, 0.3) is 21.9 Å². The third kappa shape index (κ3) is 10.7. The topological polar surface area (TPSA) is 49.4 Å². The first-order valence-corrected chi connectivity index (χ1v) is 12.9. The van der Waals surface area contributed by atoms with Gasteiger partial charge in [-0.2, -0.15) is 0 Å². The van der Waals surface area contributed by atoms with Gasteiger partial charge in [-0.05, 0) is 45.4 Å². The number of rotatable bonds is 3. The molecule has 0 amide bonds. The molecule has 0 saturated heterocycles. The molecule has 3 aromatic carbocycles. The van der Waals surface area contributed by atoms with Gasteiger partial charge in [-0.15, -0.1) is 6.58 Å². The Labute approximate surface area is 224 Å². The van der Waals surface area contributed by atoms with Crippen molar-refractivity contribution in [2.75, 3.05) is 0 Å². The van der Waals surface area contributed by atoms with E-state index in [4.69, 9.17) is 9.83 Å². The number of aliphatic imine (C=N–C) groups is 1. The highest BCUT2D eigenvalue weighted by Gasteiger charge is 2.13. The van der Waals surface area contributed by atoms with Gasteiger partial charge in [0.2, 0.25) is 0 Å². The van der Waals surface area contributed by atoms with Crippen LogP contribution >= 0.6 is 0 Å². The minimum Gasteiger partial charge on any atom is -0.456 e. The number of para-hydroxylation sites is 1. The Hall–Kier alpha value is -3.98. The van der Waals surface area contributed by atoms with Gasteiger partial charge in [0, 0.05) is 22.0 Å². The van der Waals surface area contributed by atoms with E-state index in [1.807, 2.05) is 134 Å². The van der Waals surface area contributed by atoms with Crippen molar-refractivity contribution in [2.45, 2.75) is 55.4 Å². The molecule has 4 aromatic rings. The van der Waals surface area contributed by atoms with Gasteiger partial charge in [-0.25, -0.2) is 4.99 Å². The van der Waals surface area contributed by atoms with Gasteiger partial charge in [0.15, 0.2) is 5.84 Å². The highest BCUT2D eigenvalue weighted by atomic mass is 16.3. The Morgan fingerprint density at radius 2 is 1.32 bits per heavy atom. The number of nitrogens with zero attached hydrogens (tertiary/aromatic N) is 1. The first-order chi connectivity index (χ1) is 17.9. The fourth-order valence-electron chi connectivity index (χ4n) is 3.18. The lowest BCUT2D eigenvalue weighted by Crippen LogP contribution is -2.02. The maximum atomic E-state index is 8.48. The third-order valence-electron chi connectivity index (χ3n) is 4.58. The SMILES string of the molecule is C=CC.C=CC=C(C)C.CC.CC.CC(=NC(=N)c1cccc2oc3ccccc3c12)c1ccccc1. The van der Waals surface area contributed by atoms with Crippen molar-refractivity contribution in [3.8, 4) is 0 Å². The molecule has 0 aliphatic heterocycles. The normalized spacial score (nSPS) is 9.57. The lowest BCUT2D eigenvalue weighted by atomic mass is 10.1. The monoisotopic (exact) mass is 496 g/mol. The van der Waals surface area contributed by atoms with Crippen molar-refractivity contribution in [3.05, 3.63) is 121 Å². The fraction of sp³-hybridized carbons (Fsp3) is 0.235. The summed E-state index contributed by atoms with van der Waals surface area (Å²) < 4.78 is 5.89. The second kappa shape index (κ2) is 19.2. The summed E-state index contributed by atoms with van der Waals surface area (Å²) in [6.45, 7) is 22.8. The Morgan fingerprint density at radius 1 is 0.784 bits per heavy atom. The molecule has 37 heavy (non-hydrogen) atoms. The molecule has 0 atom stereocenters. The first kappa shape index (κ1) is 33.0. The summed E-state index contributed by atoms with van der Waals surface area (Å²) in [4.78, 5) is 4.51. The van der Waals surface area contributed by atoms with Crippen LogP contribution in [0.5, 0.6) is 0 Å². The Morgan fingerprint density at radius 3 is 1.86 bits per heavy atom. The third-order valence-corrected chi connectivity index (χ3v) is 4.58. The molecular formula is C34H44N2O. The van der Waals surface area contributed by atoms with Gasteiger partial charge in [0.05, 0.1) is 0 Å². The maximum absolute atomic E-state index is 8.48. The summed E-state index contributed by atoms with van der Waals surface area (Å²) >= 11 is 0. The van der Waals surface area contributed by atoms with Crippen molar-refractivity contribution < 1.29 is 4.42 Å². The van der Waals surface area contributed by atoms with Gasteiger partial charge >= 0.3 is 0 Å². The zero-order valence-corrected chi connectivity index (χ0v) is 23.9. The molecule has 1 heterocycles. The summed E-state index contributed by atoms with van der Waals surface area (Å²) in [5.74, 6) is 0.244. The van der Waals surface area contributed by atoms with Crippen molar-refractivity contribution in [3.63, 3.8) is 0 Å². The Kier molecular flexibility index (Phi) is 17.2. The molecule has 3 nitrogen and oxygen atoms in total. The number of fused-ring (bicyclic) bond motifs is 3. The average molecular weight is 497 g/mol. The zero-order chi connectivity index (χ0) is 28.2. The number of benzene rings is 3. The molecule has 3 heteroatoms. The summed E-state index contributed by atoms with van der Waals surface area (Å²) in [7, 11) is 0. The minimum absolute atomic E-state index is 0.244. The molecule has 0 aliphatic carbocycles. The summed E-state index contributed by atoms with van der Waals surface area (Å²) in [6.07, 6.45) is 5.51. The Balaban J connectivity index is 0.000000848. The number of hydrogen-bond acceptors (Lipinski definition) is 2. The number of amidine groups is 1. The van der Waals surface area contributed by atoms with E-state index in [0.29, 0.717) is 0 Å². The standard InChI is InChI=1S/C21H16N2O.C6H10.C3H6.2C2H6/c1-14(15-8-3-2-4-9-15)23-21(22)17-11-7-13-19-20(17)16-10-5-6-12-18(16)24-19;1-4-5-6(2)3;1-3-2;2*1-2/h2-13,22H,1H3;4-5H,1H2,2-3H3;3H,1H2,2H3;2*1-2H3. The fourth-order valence-corrected chi connectivity index (χ4v) is 3.18. The molecule has 1 aromatic heterocycles. The number of hydrogen-bond donors (Lipinski definition) is 1. The molecule has 196 valence electrons. The smallest absolute Gasteiger partial charge is 0.152 e. The van der Waals surface area contributed by atoms with Crippen LogP contribution in [0.4, 0.5) is 0 Å². The van der Waals surface area contributed by atoms with Gasteiger partial charge in [0.1, 0.15) is 11.2 Å². The van der Waals surface area contributed by atoms with Crippen LogP contribution < -0.4 is 0 Å². The van der Waals surface area contributed by atoms with Crippen molar-refractivity contribution in [2.24, 2.45) is 4.99 Å². The zero-order valence-electron chi connectivity index (χ0n) is 23.9. The van der Waals surface area contributed by atoms with Crippen LogP contribution in [-0.2, 0) is 0 Å². The van der Waals surface area contributed by atoms with E-state index in [2.05, 4.69) is 18.2 Å². The molecule has 1 N–H and O–H groups in total. The van der Waals surface area contributed by atoms with Crippen LogP contribution in [0.3, 0.4) is 0 Å². The number of furan rings is 1. The second-order valence-electron chi connectivity index (χ2n) is 7.58. The van der Waals surface area contributed by atoms with E-state index in [9.17, 15) is 0 Å². The van der Waals surface area contributed by atoms with Crippen LogP contribution in [0.2, 0.25) is 0 Å². The molecule has 0 fully saturated rings. The molecule has 4 rings (SSSR count).